The quantitative estimate of drug-likeness (QED) is 0.181. The van der Waals surface area contributed by atoms with Gasteiger partial charge in [0.2, 0.25) is 0 Å². The lowest BCUT2D eigenvalue weighted by Gasteiger charge is -2.35. The topological polar surface area (TPSA) is 207 Å². The van der Waals surface area contributed by atoms with Crippen molar-refractivity contribution >= 4 is 5.97 Å². The van der Waals surface area contributed by atoms with Crippen LogP contribution in [-0.4, -0.2) is 65.0 Å². The average molecular weight is 462 g/mol. The molecule has 4 rings (SSSR count). The van der Waals surface area contributed by atoms with E-state index >= 15 is 0 Å². The van der Waals surface area contributed by atoms with Crippen molar-refractivity contribution in [2.24, 2.45) is 0 Å². The van der Waals surface area contributed by atoms with Crippen molar-refractivity contribution in [3.63, 3.8) is 0 Å². The number of aromatic hydroxyl groups is 5. The molecule has 0 aromatic heterocycles. The lowest BCUT2D eigenvalue weighted by Crippen LogP contribution is -2.44. The Hall–Kier alpha value is -4.29. The zero-order chi connectivity index (χ0) is 24.1. The molecule has 12 heteroatoms. The molecule has 174 valence electrons. The summed E-state index contributed by atoms with van der Waals surface area (Å²) in [4.78, 5) is 12.7. The molecule has 2 atom stereocenters. The van der Waals surface area contributed by atoms with E-state index in [2.05, 4.69) is 4.74 Å². The number of rotatable bonds is 3. The average Bonchev–Trinajstić information content (AvgIpc) is 2.73. The third-order valence-electron chi connectivity index (χ3n) is 5.06. The van der Waals surface area contributed by atoms with E-state index in [0.717, 1.165) is 30.5 Å². The minimum atomic E-state index is -2.97. The summed E-state index contributed by atoms with van der Waals surface area (Å²) in [6.07, 6.45) is -0.802. The van der Waals surface area contributed by atoms with Crippen LogP contribution in [0.3, 0.4) is 0 Å². The summed E-state index contributed by atoms with van der Waals surface area (Å²) in [6.45, 7) is 0. The standard InChI is InChI=1S/C21H18O12/c22-10-4-12(23)11-6-16(33-20(28)8-1-13(24)18(27)14(25)2-8)19(32-15(11)5-10)9-3-17(26)21(29,30)31-7-9/h1-5,7,16,19,22-27,29-30H,6H2. The monoisotopic (exact) mass is 462 g/mol. The summed E-state index contributed by atoms with van der Waals surface area (Å²) in [6, 6.07) is 3.98. The van der Waals surface area contributed by atoms with Gasteiger partial charge in [-0.2, -0.15) is 0 Å². The Morgan fingerprint density at radius 3 is 2.27 bits per heavy atom. The van der Waals surface area contributed by atoms with Gasteiger partial charge >= 0.3 is 11.9 Å². The van der Waals surface area contributed by atoms with Crippen LogP contribution in [0.5, 0.6) is 34.5 Å². The van der Waals surface area contributed by atoms with Gasteiger partial charge in [-0.3, -0.25) is 0 Å². The first-order valence-corrected chi connectivity index (χ1v) is 9.37. The van der Waals surface area contributed by atoms with Crippen molar-refractivity contribution < 1.29 is 59.9 Å². The molecule has 2 unspecified atom stereocenters. The van der Waals surface area contributed by atoms with Crippen LogP contribution in [0.1, 0.15) is 15.9 Å². The van der Waals surface area contributed by atoms with Crippen molar-refractivity contribution in [1.82, 2.24) is 0 Å². The fourth-order valence-corrected chi connectivity index (χ4v) is 3.41. The van der Waals surface area contributed by atoms with Crippen LogP contribution in [0.2, 0.25) is 0 Å². The van der Waals surface area contributed by atoms with Crippen molar-refractivity contribution in [1.29, 1.82) is 0 Å². The van der Waals surface area contributed by atoms with Crippen LogP contribution in [0.4, 0.5) is 0 Å². The molecule has 0 fully saturated rings. The molecule has 0 spiro atoms. The van der Waals surface area contributed by atoms with E-state index in [1.54, 1.807) is 0 Å². The molecular weight excluding hydrogens is 444 g/mol. The van der Waals surface area contributed by atoms with E-state index in [0.29, 0.717) is 0 Å². The molecule has 2 aliphatic rings. The fourth-order valence-electron chi connectivity index (χ4n) is 3.41. The van der Waals surface area contributed by atoms with Crippen molar-refractivity contribution in [2.45, 2.75) is 24.6 Å². The molecule has 2 aliphatic heterocycles. The number of hydrogen-bond donors (Lipinski definition) is 8. The molecule has 0 amide bonds. The number of carbonyl (C=O) groups excluding carboxylic acids is 1. The Bertz CT molecular complexity index is 1170. The smallest absolute Gasteiger partial charge is 0.384 e. The van der Waals surface area contributed by atoms with Gasteiger partial charge < -0.3 is 55.1 Å². The number of phenols is 5. The van der Waals surface area contributed by atoms with E-state index in [4.69, 9.17) is 9.47 Å². The van der Waals surface area contributed by atoms with E-state index < -0.39 is 47.2 Å². The maximum atomic E-state index is 12.7. The number of aliphatic hydroxyl groups is 3. The molecular formula is C21H18O12. The van der Waals surface area contributed by atoms with Gasteiger partial charge in [-0.05, 0) is 18.2 Å². The predicted octanol–water partition coefficient (Wildman–Crippen LogP) is 0.738. The highest BCUT2D eigenvalue weighted by Crippen LogP contribution is 2.41. The Balaban J connectivity index is 1.70. The Morgan fingerprint density at radius 2 is 1.64 bits per heavy atom. The van der Waals surface area contributed by atoms with Crippen molar-refractivity contribution in [3.05, 3.63) is 59.1 Å². The molecule has 0 aliphatic carbocycles. The Kier molecular flexibility index (Phi) is 5.11. The number of fused-ring (bicyclic) bond motifs is 1. The van der Waals surface area contributed by atoms with Crippen LogP contribution in [0, 0.1) is 0 Å². The normalized spacial score (nSPS) is 21.0. The Labute approximate surface area is 184 Å². The van der Waals surface area contributed by atoms with Gasteiger partial charge in [-0.1, -0.05) is 0 Å². The number of ether oxygens (including phenoxy) is 3. The summed E-state index contributed by atoms with van der Waals surface area (Å²) < 4.78 is 15.9. The van der Waals surface area contributed by atoms with E-state index in [-0.39, 0.29) is 40.4 Å². The third kappa shape index (κ3) is 4.00. The number of hydrogen-bond acceptors (Lipinski definition) is 12. The second-order valence-corrected chi connectivity index (χ2v) is 7.36. The second kappa shape index (κ2) is 7.69. The summed E-state index contributed by atoms with van der Waals surface area (Å²) in [5, 5.41) is 77.6. The molecule has 33 heavy (non-hydrogen) atoms. The van der Waals surface area contributed by atoms with E-state index in [1.807, 2.05) is 0 Å². The van der Waals surface area contributed by atoms with Gasteiger partial charge in [0.1, 0.15) is 23.4 Å². The van der Waals surface area contributed by atoms with E-state index in [1.165, 1.54) is 6.07 Å². The van der Waals surface area contributed by atoms with Crippen LogP contribution >= 0.6 is 0 Å². The third-order valence-corrected chi connectivity index (χ3v) is 5.06. The number of esters is 1. The fraction of sp³-hybridized carbons (Fsp3) is 0.190. The van der Waals surface area contributed by atoms with Crippen molar-refractivity contribution in [3.8, 4) is 34.5 Å². The van der Waals surface area contributed by atoms with Gasteiger partial charge in [0.15, 0.2) is 29.1 Å². The van der Waals surface area contributed by atoms with Gasteiger partial charge in [0.25, 0.3) is 0 Å². The summed E-state index contributed by atoms with van der Waals surface area (Å²) >= 11 is 0. The maximum Gasteiger partial charge on any atom is 0.384 e. The minimum Gasteiger partial charge on any atom is -0.508 e. The first-order valence-electron chi connectivity index (χ1n) is 9.37. The van der Waals surface area contributed by atoms with Gasteiger partial charge in [-0.25, -0.2) is 4.79 Å². The number of phenolic OH excluding ortho intramolecular Hbond substituents is 5. The zero-order valence-corrected chi connectivity index (χ0v) is 16.5. The highest BCUT2D eigenvalue weighted by molar-refractivity contribution is 5.91. The van der Waals surface area contributed by atoms with Gasteiger partial charge in [0.05, 0.1) is 11.8 Å². The van der Waals surface area contributed by atoms with Gasteiger partial charge in [0, 0.05) is 29.7 Å². The molecule has 0 bridgehead atoms. The van der Waals surface area contributed by atoms with Gasteiger partial charge in [-0.15, -0.1) is 0 Å². The lowest BCUT2D eigenvalue weighted by molar-refractivity contribution is -0.303. The van der Waals surface area contributed by atoms with Crippen LogP contribution < -0.4 is 4.74 Å². The number of carbonyl (C=O) groups is 1. The SMILES string of the molecule is O=C(OC1Cc2c(O)cc(O)cc2OC1C1=COC(O)(O)C(O)=C1)c1cc(O)c(O)c(O)c1. The van der Waals surface area contributed by atoms with Crippen LogP contribution in [0.25, 0.3) is 0 Å². The summed E-state index contributed by atoms with van der Waals surface area (Å²) in [5.41, 5.74) is -0.129. The summed E-state index contributed by atoms with van der Waals surface area (Å²) in [5.74, 6) is -8.00. The molecule has 2 aromatic rings. The predicted molar refractivity (Wildman–Crippen MR) is 106 cm³/mol. The molecule has 2 aromatic carbocycles. The first-order chi connectivity index (χ1) is 15.5. The molecule has 2 heterocycles. The van der Waals surface area contributed by atoms with E-state index in [9.17, 15) is 45.6 Å². The molecule has 0 radical (unpaired) electrons. The minimum absolute atomic E-state index is 0.00825. The highest BCUT2D eigenvalue weighted by atomic mass is 16.8. The molecule has 0 saturated heterocycles. The molecule has 0 saturated carbocycles. The molecule has 12 nitrogen and oxygen atoms in total. The first kappa shape index (κ1) is 21.9. The molecule has 8 N–H and O–H groups in total. The largest absolute Gasteiger partial charge is 0.508 e. The Morgan fingerprint density at radius 1 is 0.970 bits per heavy atom. The highest BCUT2D eigenvalue weighted by Gasteiger charge is 2.41. The van der Waals surface area contributed by atoms with Crippen LogP contribution in [-0.2, 0) is 15.9 Å². The summed E-state index contributed by atoms with van der Waals surface area (Å²) in [7, 11) is 0. The zero-order valence-electron chi connectivity index (χ0n) is 16.5. The number of benzene rings is 2. The van der Waals surface area contributed by atoms with Crippen LogP contribution in [0.15, 0.2) is 47.9 Å². The lowest BCUT2D eigenvalue weighted by atomic mass is 9.93. The second-order valence-electron chi connectivity index (χ2n) is 7.36. The number of aliphatic hydroxyl groups excluding tert-OH is 1. The van der Waals surface area contributed by atoms with Crippen molar-refractivity contribution in [2.75, 3.05) is 0 Å². The maximum absolute atomic E-state index is 12.7.